The summed E-state index contributed by atoms with van der Waals surface area (Å²) in [4.78, 5) is 24.0. The van der Waals surface area contributed by atoms with Gasteiger partial charge in [0.15, 0.2) is 6.10 Å². The third kappa shape index (κ3) is 5.76. The van der Waals surface area contributed by atoms with Crippen LogP contribution in [0.15, 0.2) is 48.5 Å². The van der Waals surface area contributed by atoms with Gasteiger partial charge in [-0.3, -0.25) is 4.79 Å². The third-order valence-corrected chi connectivity index (χ3v) is 3.84. The highest BCUT2D eigenvalue weighted by molar-refractivity contribution is 6.30. The fourth-order valence-electron chi connectivity index (χ4n) is 2.19. The Morgan fingerprint density at radius 1 is 1.12 bits per heavy atom. The lowest BCUT2D eigenvalue weighted by atomic mass is 10.1. The highest BCUT2D eigenvalue weighted by Crippen LogP contribution is 2.16. The number of ether oxygens (including phenoxy) is 1. The highest BCUT2D eigenvalue weighted by atomic mass is 35.5. The minimum absolute atomic E-state index is 0.375. The van der Waals surface area contributed by atoms with Crippen molar-refractivity contribution in [3.05, 3.63) is 70.3 Å². The summed E-state index contributed by atoms with van der Waals surface area (Å²) in [5.74, 6) is -0.960. The zero-order valence-electron chi connectivity index (χ0n) is 14.4. The number of aryl methyl sites for hydroxylation is 2. The summed E-state index contributed by atoms with van der Waals surface area (Å²) < 4.78 is 5.13. The Morgan fingerprint density at radius 3 is 2.44 bits per heavy atom. The maximum Gasteiger partial charge on any atom is 0.331 e. The summed E-state index contributed by atoms with van der Waals surface area (Å²) in [7, 11) is 0. The Labute approximate surface area is 152 Å². The van der Waals surface area contributed by atoms with Gasteiger partial charge in [-0.25, -0.2) is 4.79 Å². The molecular weight excluding hydrogens is 338 g/mol. The molecule has 5 heteroatoms. The molecule has 0 saturated heterocycles. The Morgan fingerprint density at radius 2 is 1.80 bits per heavy atom. The van der Waals surface area contributed by atoms with Gasteiger partial charge in [-0.2, -0.15) is 0 Å². The Balaban J connectivity index is 1.91. The molecule has 2 aromatic rings. The summed E-state index contributed by atoms with van der Waals surface area (Å²) in [5.41, 5.74) is 3.58. The highest BCUT2D eigenvalue weighted by Gasteiger charge is 2.17. The molecule has 130 valence electrons. The molecular formula is C20H20ClNO3. The van der Waals surface area contributed by atoms with Crippen LogP contribution in [0.1, 0.15) is 23.6 Å². The van der Waals surface area contributed by atoms with Crippen molar-refractivity contribution in [2.45, 2.75) is 26.9 Å². The standard InChI is InChI=1S/C20H20ClNO3/c1-13-4-10-18(14(2)12-13)22-20(24)15(3)25-19(23)11-7-16-5-8-17(21)9-6-16/h4-12,15H,1-3H3,(H,22,24)/b11-7+/t15-/m0/s1. The van der Waals surface area contributed by atoms with Crippen LogP contribution in [0, 0.1) is 13.8 Å². The second-order valence-electron chi connectivity index (χ2n) is 5.77. The molecule has 0 aliphatic carbocycles. The second-order valence-corrected chi connectivity index (χ2v) is 6.21. The van der Waals surface area contributed by atoms with Crippen molar-refractivity contribution >= 4 is 35.2 Å². The number of nitrogens with one attached hydrogen (secondary N) is 1. The number of esters is 1. The van der Waals surface area contributed by atoms with Crippen molar-refractivity contribution in [1.29, 1.82) is 0 Å². The fourth-order valence-corrected chi connectivity index (χ4v) is 2.32. The number of anilines is 1. The minimum atomic E-state index is -0.900. The summed E-state index contributed by atoms with van der Waals surface area (Å²) in [6.45, 7) is 5.43. The molecule has 0 bridgehead atoms. The van der Waals surface area contributed by atoms with Gasteiger partial charge in [0, 0.05) is 16.8 Å². The smallest absolute Gasteiger partial charge is 0.331 e. The molecule has 25 heavy (non-hydrogen) atoms. The predicted octanol–water partition coefficient (Wildman–Crippen LogP) is 4.54. The van der Waals surface area contributed by atoms with Gasteiger partial charge in [0.25, 0.3) is 5.91 Å². The van der Waals surface area contributed by atoms with Crippen LogP contribution >= 0.6 is 11.6 Å². The van der Waals surface area contributed by atoms with E-state index in [1.807, 2.05) is 32.0 Å². The van der Waals surface area contributed by atoms with Crippen LogP contribution < -0.4 is 5.32 Å². The first-order valence-electron chi connectivity index (χ1n) is 7.87. The van der Waals surface area contributed by atoms with Gasteiger partial charge in [-0.1, -0.05) is 41.4 Å². The summed E-state index contributed by atoms with van der Waals surface area (Å²) in [6, 6.07) is 12.7. The van der Waals surface area contributed by atoms with E-state index < -0.39 is 12.1 Å². The Kier molecular flexibility index (Phi) is 6.37. The number of amides is 1. The molecule has 0 fully saturated rings. The van der Waals surface area contributed by atoms with Crippen molar-refractivity contribution in [2.75, 3.05) is 5.32 Å². The second kappa shape index (κ2) is 8.49. The van der Waals surface area contributed by atoms with Crippen molar-refractivity contribution in [2.24, 2.45) is 0 Å². The normalized spacial score (nSPS) is 12.0. The molecule has 2 aromatic carbocycles. The van der Waals surface area contributed by atoms with E-state index in [2.05, 4.69) is 5.32 Å². The van der Waals surface area contributed by atoms with Crippen LogP contribution in [-0.2, 0) is 14.3 Å². The van der Waals surface area contributed by atoms with E-state index in [1.165, 1.54) is 13.0 Å². The van der Waals surface area contributed by atoms with Gasteiger partial charge in [0.2, 0.25) is 0 Å². The fraction of sp³-hybridized carbons (Fsp3) is 0.200. The summed E-state index contributed by atoms with van der Waals surface area (Å²) in [5, 5.41) is 3.39. The van der Waals surface area contributed by atoms with Crippen LogP contribution in [0.3, 0.4) is 0 Å². The van der Waals surface area contributed by atoms with E-state index >= 15 is 0 Å². The third-order valence-electron chi connectivity index (χ3n) is 3.58. The maximum atomic E-state index is 12.2. The number of hydrogen-bond donors (Lipinski definition) is 1. The van der Waals surface area contributed by atoms with Gasteiger partial charge in [0.05, 0.1) is 0 Å². The molecule has 0 aliphatic rings. The van der Waals surface area contributed by atoms with Crippen molar-refractivity contribution in [3.8, 4) is 0 Å². The minimum Gasteiger partial charge on any atom is -0.449 e. The molecule has 0 heterocycles. The summed E-state index contributed by atoms with van der Waals surface area (Å²) >= 11 is 5.80. The summed E-state index contributed by atoms with van der Waals surface area (Å²) in [6.07, 6.45) is 1.99. The average Bonchev–Trinajstić information content (AvgIpc) is 2.56. The Hall–Kier alpha value is -2.59. The maximum absolute atomic E-state index is 12.2. The largest absolute Gasteiger partial charge is 0.449 e. The molecule has 0 aromatic heterocycles. The van der Waals surface area contributed by atoms with Crippen LogP contribution in [-0.4, -0.2) is 18.0 Å². The van der Waals surface area contributed by atoms with E-state index in [0.717, 1.165) is 16.7 Å². The van der Waals surface area contributed by atoms with E-state index in [0.29, 0.717) is 10.7 Å². The molecule has 0 saturated carbocycles. The molecule has 4 nitrogen and oxygen atoms in total. The van der Waals surface area contributed by atoms with E-state index in [9.17, 15) is 9.59 Å². The molecule has 2 rings (SSSR count). The lowest BCUT2D eigenvalue weighted by Gasteiger charge is -2.14. The predicted molar refractivity (Wildman–Crippen MR) is 101 cm³/mol. The van der Waals surface area contributed by atoms with Gasteiger partial charge in [-0.05, 0) is 56.2 Å². The monoisotopic (exact) mass is 357 g/mol. The average molecular weight is 358 g/mol. The SMILES string of the molecule is Cc1ccc(NC(=O)[C@H](C)OC(=O)/C=C/c2ccc(Cl)cc2)c(C)c1. The number of carbonyl (C=O) groups is 2. The van der Waals surface area contributed by atoms with E-state index in [1.54, 1.807) is 30.3 Å². The Bertz CT molecular complexity index is 797. The van der Waals surface area contributed by atoms with Crippen LogP contribution in [0.5, 0.6) is 0 Å². The van der Waals surface area contributed by atoms with Crippen molar-refractivity contribution < 1.29 is 14.3 Å². The number of carbonyl (C=O) groups excluding carboxylic acids is 2. The molecule has 0 spiro atoms. The van der Waals surface area contributed by atoms with Crippen LogP contribution in [0.4, 0.5) is 5.69 Å². The first-order valence-corrected chi connectivity index (χ1v) is 8.25. The molecule has 0 radical (unpaired) electrons. The lowest BCUT2D eigenvalue weighted by Crippen LogP contribution is -2.29. The number of halogens is 1. The van der Waals surface area contributed by atoms with Crippen molar-refractivity contribution in [1.82, 2.24) is 0 Å². The van der Waals surface area contributed by atoms with E-state index in [-0.39, 0.29) is 5.91 Å². The van der Waals surface area contributed by atoms with Crippen molar-refractivity contribution in [3.63, 3.8) is 0 Å². The zero-order valence-corrected chi connectivity index (χ0v) is 15.1. The topological polar surface area (TPSA) is 55.4 Å². The molecule has 1 amide bonds. The first kappa shape index (κ1) is 18.7. The number of hydrogen-bond acceptors (Lipinski definition) is 3. The molecule has 1 N–H and O–H groups in total. The van der Waals surface area contributed by atoms with Gasteiger partial charge < -0.3 is 10.1 Å². The quantitative estimate of drug-likeness (QED) is 0.631. The molecule has 0 aliphatic heterocycles. The van der Waals surface area contributed by atoms with E-state index in [4.69, 9.17) is 16.3 Å². The zero-order chi connectivity index (χ0) is 18.4. The molecule has 0 unspecified atom stereocenters. The first-order chi connectivity index (χ1) is 11.8. The molecule has 1 atom stereocenters. The van der Waals surface area contributed by atoms with Crippen LogP contribution in [0.25, 0.3) is 6.08 Å². The van der Waals surface area contributed by atoms with Gasteiger partial charge >= 0.3 is 5.97 Å². The van der Waals surface area contributed by atoms with Gasteiger partial charge in [0.1, 0.15) is 0 Å². The number of rotatable bonds is 5. The van der Waals surface area contributed by atoms with Gasteiger partial charge in [-0.15, -0.1) is 0 Å². The lowest BCUT2D eigenvalue weighted by molar-refractivity contribution is -0.148. The van der Waals surface area contributed by atoms with Crippen LogP contribution in [0.2, 0.25) is 5.02 Å². The number of benzene rings is 2.